The van der Waals surface area contributed by atoms with Crippen molar-refractivity contribution >= 4 is 28.3 Å². The maximum Gasteiger partial charge on any atom is 0.195 e. The van der Waals surface area contributed by atoms with Crippen LogP contribution in [-0.4, -0.2) is 5.75 Å². The Labute approximate surface area is 112 Å². The van der Waals surface area contributed by atoms with Gasteiger partial charge in [-0.2, -0.15) is 0 Å². The molecule has 1 nitrogen and oxygen atoms in total. The molecule has 0 unspecified atom stereocenters. The van der Waals surface area contributed by atoms with Crippen molar-refractivity contribution in [1.82, 2.24) is 0 Å². The first-order valence-electron chi connectivity index (χ1n) is 5.74. The zero-order valence-corrected chi connectivity index (χ0v) is 11.7. The number of rotatable bonds is 5. The van der Waals surface area contributed by atoms with E-state index in [1.807, 2.05) is 60.7 Å². The Morgan fingerprint density at radius 1 is 0.944 bits per heavy atom. The third kappa shape index (κ3) is 2.77. The van der Waals surface area contributed by atoms with E-state index in [9.17, 15) is 4.57 Å². The molecule has 0 aliphatic rings. The van der Waals surface area contributed by atoms with E-state index in [1.54, 1.807) is 6.08 Å². The van der Waals surface area contributed by atoms with Crippen molar-refractivity contribution in [2.24, 2.45) is 0 Å². The minimum atomic E-state index is -2.60. The van der Waals surface area contributed by atoms with Crippen LogP contribution in [0.2, 0.25) is 0 Å². The van der Waals surface area contributed by atoms with Gasteiger partial charge in [0.1, 0.15) is 0 Å². The van der Waals surface area contributed by atoms with Gasteiger partial charge in [-0.15, -0.1) is 6.58 Å². The molecule has 0 heterocycles. The lowest BCUT2D eigenvalue weighted by Crippen LogP contribution is -2.13. The fraction of sp³-hybridized carbons (Fsp3) is 0.0667. The highest BCUT2D eigenvalue weighted by atomic mass is 32.7. The molecule has 0 N–H and O–H groups in total. The second-order valence-electron chi connectivity index (χ2n) is 3.81. The standard InChI is InChI=1S/C15H15OPS/c1-2-13-18-17(16,14-9-5-3-6-10-14)15-11-7-4-8-12-15/h2-12H,1,13H2. The summed E-state index contributed by atoms with van der Waals surface area (Å²) in [7, 11) is 0. The minimum Gasteiger partial charge on any atom is -0.302 e. The molecular formula is C15H15OPS. The maximum atomic E-state index is 13.3. The van der Waals surface area contributed by atoms with E-state index >= 15 is 0 Å². The molecule has 0 spiro atoms. The molecule has 0 saturated carbocycles. The lowest BCUT2D eigenvalue weighted by Gasteiger charge is -2.17. The molecule has 0 saturated heterocycles. The van der Waals surface area contributed by atoms with Gasteiger partial charge in [0, 0.05) is 16.4 Å². The minimum absolute atomic E-state index is 0.682. The third-order valence-corrected chi connectivity index (χ3v) is 8.07. The summed E-state index contributed by atoms with van der Waals surface area (Å²) in [4.78, 5) is 0. The SMILES string of the molecule is C=CCSP(=O)(c1ccccc1)c1ccccc1. The Morgan fingerprint density at radius 2 is 1.39 bits per heavy atom. The Bertz CT molecular complexity index is 508. The van der Waals surface area contributed by atoms with Crippen LogP contribution in [0.25, 0.3) is 0 Å². The van der Waals surface area contributed by atoms with E-state index in [0.717, 1.165) is 10.6 Å². The van der Waals surface area contributed by atoms with Crippen molar-refractivity contribution in [3.05, 3.63) is 73.3 Å². The van der Waals surface area contributed by atoms with Crippen LogP contribution in [0, 0.1) is 0 Å². The van der Waals surface area contributed by atoms with E-state index in [0.29, 0.717) is 5.75 Å². The summed E-state index contributed by atoms with van der Waals surface area (Å²) in [5, 5.41) is 1.78. The molecule has 0 aliphatic carbocycles. The summed E-state index contributed by atoms with van der Waals surface area (Å²) in [6.07, 6.45) is -0.800. The van der Waals surface area contributed by atoms with Gasteiger partial charge >= 0.3 is 0 Å². The van der Waals surface area contributed by atoms with E-state index in [4.69, 9.17) is 0 Å². The van der Waals surface area contributed by atoms with Crippen molar-refractivity contribution in [2.45, 2.75) is 0 Å². The first-order chi connectivity index (χ1) is 8.77. The van der Waals surface area contributed by atoms with Gasteiger partial charge in [-0.05, 0) is 0 Å². The summed E-state index contributed by atoms with van der Waals surface area (Å²) in [6.45, 7) is 3.71. The second kappa shape index (κ2) is 6.08. The summed E-state index contributed by atoms with van der Waals surface area (Å²) in [6, 6.07) is 19.3. The normalized spacial score (nSPS) is 11.1. The van der Waals surface area contributed by atoms with Crippen molar-refractivity contribution in [3.63, 3.8) is 0 Å². The van der Waals surface area contributed by atoms with Crippen LogP contribution in [0.3, 0.4) is 0 Å². The van der Waals surface area contributed by atoms with Crippen LogP contribution in [0.1, 0.15) is 0 Å². The van der Waals surface area contributed by atoms with Crippen LogP contribution in [0.5, 0.6) is 0 Å². The van der Waals surface area contributed by atoms with Crippen LogP contribution in [0.15, 0.2) is 73.3 Å². The number of hydrogen-bond acceptors (Lipinski definition) is 2. The van der Waals surface area contributed by atoms with Crippen molar-refractivity contribution in [1.29, 1.82) is 0 Å². The largest absolute Gasteiger partial charge is 0.302 e. The lowest BCUT2D eigenvalue weighted by atomic mass is 10.4. The van der Waals surface area contributed by atoms with Gasteiger partial charge in [0.15, 0.2) is 6.34 Å². The fourth-order valence-corrected chi connectivity index (χ4v) is 6.32. The first kappa shape index (κ1) is 13.2. The predicted octanol–water partition coefficient (Wildman–Crippen LogP) is 3.83. The van der Waals surface area contributed by atoms with E-state index in [-0.39, 0.29) is 0 Å². The summed E-state index contributed by atoms with van der Waals surface area (Å²) >= 11 is 1.47. The molecule has 18 heavy (non-hydrogen) atoms. The van der Waals surface area contributed by atoms with Gasteiger partial charge in [-0.1, -0.05) is 78.1 Å². The lowest BCUT2D eigenvalue weighted by molar-refractivity contribution is 0.595. The predicted molar refractivity (Wildman–Crippen MR) is 82.4 cm³/mol. The molecule has 0 amide bonds. The molecule has 0 aliphatic heterocycles. The van der Waals surface area contributed by atoms with Crippen LogP contribution < -0.4 is 10.6 Å². The molecule has 0 atom stereocenters. The maximum absolute atomic E-state index is 13.3. The summed E-state index contributed by atoms with van der Waals surface area (Å²) < 4.78 is 13.3. The average Bonchev–Trinajstić information content (AvgIpc) is 2.46. The highest BCUT2D eigenvalue weighted by Crippen LogP contribution is 2.56. The zero-order valence-electron chi connectivity index (χ0n) is 10.0. The molecule has 0 aromatic heterocycles. The molecule has 0 fully saturated rings. The van der Waals surface area contributed by atoms with Gasteiger partial charge in [-0.25, -0.2) is 0 Å². The smallest absolute Gasteiger partial charge is 0.195 e. The fourth-order valence-electron chi connectivity index (χ4n) is 1.70. The highest BCUT2D eigenvalue weighted by Gasteiger charge is 2.26. The molecule has 3 heteroatoms. The second-order valence-corrected chi connectivity index (χ2v) is 8.85. The zero-order chi connectivity index (χ0) is 12.8. The van der Waals surface area contributed by atoms with Gasteiger partial charge in [-0.3, -0.25) is 0 Å². The Hall–Kier alpha value is -1.24. The topological polar surface area (TPSA) is 17.1 Å². The Kier molecular flexibility index (Phi) is 4.46. The van der Waals surface area contributed by atoms with E-state index in [2.05, 4.69) is 6.58 Å². The average molecular weight is 274 g/mol. The van der Waals surface area contributed by atoms with Gasteiger partial charge in [0.05, 0.1) is 0 Å². The Balaban J connectivity index is 2.48. The third-order valence-electron chi connectivity index (χ3n) is 2.57. The first-order valence-corrected chi connectivity index (χ1v) is 9.04. The highest BCUT2D eigenvalue weighted by molar-refractivity contribution is 8.62. The molecule has 2 aromatic carbocycles. The number of hydrogen-bond donors (Lipinski definition) is 0. The number of benzene rings is 2. The Morgan fingerprint density at radius 3 is 1.78 bits per heavy atom. The van der Waals surface area contributed by atoms with Crippen LogP contribution >= 0.6 is 17.7 Å². The monoisotopic (exact) mass is 274 g/mol. The van der Waals surface area contributed by atoms with E-state index in [1.165, 1.54) is 11.4 Å². The molecule has 92 valence electrons. The molecule has 2 aromatic rings. The molecule has 0 radical (unpaired) electrons. The summed E-state index contributed by atoms with van der Waals surface area (Å²) in [5.74, 6) is 0.682. The van der Waals surface area contributed by atoms with E-state index < -0.39 is 6.34 Å². The summed E-state index contributed by atoms with van der Waals surface area (Å²) in [5.41, 5.74) is 0. The van der Waals surface area contributed by atoms with Crippen molar-refractivity contribution in [2.75, 3.05) is 5.75 Å². The van der Waals surface area contributed by atoms with Gasteiger partial charge < -0.3 is 4.57 Å². The van der Waals surface area contributed by atoms with Crippen molar-refractivity contribution < 1.29 is 4.57 Å². The van der Waals surface area contributed by atoms with Crippen LogP contribution in [0.4, 0.5) is 0 Å². The molecule has 2 rings (SSSR count). The molecular weight excluding hydrogens is 259 g/mol. The van der Waals surface area contributed by atoms with Crippen molar-refractivity contribution in [3.8, 4) is 0 Å². The van der Waals surface area contributed by atoms with Gasteiger partial charge in [0.25, 0.3) is 0 Å². The van der Waals surface area contributed by atoms with Gasteiger partial charge in [0.2, 0.25) is 0 Å². The molecule has 0 bridgehead atoms. The van der Waals surface area contributed by atoms with Crippen LogP contribution in [-0.2, 0) is 4.57 Å². The quantitative estimate of drug-likeness (QED) is 0.609.